The summed E-state index contributed by atoms with van der Waals surface area (Å²) in [5, 5.41) is 11.8. The maximum absolute atomic E-state index is 13.6. The van der Waals surface area contributed by atoms with Crippen LogP contribution in [0.3, 0.4) is 0 Å². The number of ether oxygens (including phenoxy) is 2. The number of halogens is 1. The minimum atomic E-state index is -1.01. The first kappa shape index (κ1) is 36.9. The van der Waals surface area contributed by atoms with Crippen molar-refractivity contribution < 1.29 is 33.4 Å². The normalized spacial score (nSPS) is 18.8. The van der Waals surface area contributed by atoms with Crippen LogP contribution in [-0.2, 0) is 24.5 Å². The molecular weight excluding hydrogens is 734 g/mol. The van der Waals surface area contributed by atoms with Crippen LogP contribution >= 0.6 is 11.6 Å². The van der Waals surface area contributed by atoms with E-state index in [0.29, 0.717) is 35.2 Å². The average Bonchev–Trinajstić information content (AvgIpc) is 3.53. The molecule has 284 valence electrons. The van der Waals surface area contributed by atoms with Crippen molar-refractivity contribution in [2.75, 3.05) is 36.1 Å². The van der Waals surface area contributed by atoms with Gasteiger partial charge < -0.3 is 14.4 Å². The Kier molecular flexibility index (Phi) is 9.60. The number of carbonyl (C=O) groups excluding carboxylic acids is 5. The van der Waals surface area contributed by atoms with Crippen molar-refractivity contribution in [3.63, 3.8) is 0 Å². The highest BCUT2D eigenvalue weighted by atomic mass is 35.5. The third kappa shape index (κ3) is 6.56. The second-order valence-corrected chi connectivity index (χ2v) is 15.3. The Morgan fingerprint density at radius 3 is 2.29 bits per heavy atom. The molecule has 0 radical (unpaired) electrons. The molecule has 4 aromatic carbocycles. The third-order valence-electron chi connectivity index (χ3n) is 11.0. The lowest BCUT2D eigenvalue weighted by Crippen LogP contribution is -2.54. The molecule has 1 unspecified atom stereocenters. The Balaban J connectivity index is 0.790. The van der Waals surface area contributed by atoms with Gasteiger partial charge in [0, 0.05) is 31.8 Å². The predicted octanol–water partition coefficient (Wildman–Crippen LogP) is 6.30. The molecule has 12 nitrogen and oxygen atoms in total. The first-order valence-electron chi connectivity index (χ1n) is 18.6. The quantitative estimate of drug-likeness (QED) is 0.137. The van der Waals surface area contributed by atoms with Gasteiger partial charge in [-0.15, -0.1) is 0 Å². The van der Waals surface area contributed by atoms with Crippen LogP contribution < -0.4 is 19.9 Å². The van der Waals surface area contributed by atoms with Crippen LogP contribution in [0.25, 0.3) is 11.1 Å². The van der Waals surface area contributed by atoms with Crippen molar-refractivity contribution in [3.05, 3.63) is 106 Å². The fourth-order valence-corrected chi connectivity index (χ4v) is 7.93. The molecule has 0 spiro atoms. The molecule has 4 heterocycles. The van der Waals surface area contributed by atoms with Gasteiger partial charge in [-0.25, -0.2) is 0 Å². The van der Waals surface area contributed by atoms with Crippen molar-refractivity contribution in [1.29, 1.82) is 5.26 Å². The van der Waals surface area contributed by atoms with Gasteiger partial charge in [0.25, 0.3) is 11.8 Å². The third-order valence-corrected chi connectivity index (χ3v) is 11.3. The fourth-order valence-electron chi connectivity index (χ4n) is 7.71. The molecule has 13 heteroatoms. The number of hydrogen-bond acceptors (Lipinski definition) is 9. The summed E-state index contributed by atoms with van der Waals surface area (Å²) < 4.78 is 11.9. The Morgan fingerprint density at radius 1 is 0.839 bits per heavy atom. The maximum Gasteiger partial charge on any atom is 0.262 e. The summed E-state index contributed by atoms with van der Waals surface area (Å²) in [5.41, 5.74) is 5.55. The van der Waals surface area contributed by atoms with Gasteiger partial charge in [0.2, 0.25) is 17.7 Å². The van der Waals surface area contributed by atoms with Crippen molar-refractivity contribution in [3.8, 4) is 22.9 Å². The van der Waals surface area contributed by atoms with E-state index in [-0.39, 0.29) is 36.0 Å². The summed E-state index contributed by atoms with van der Waals surface area (Å²) in [6.07, 6.45) is 1.83. The summed E-state index contributed by atoms with van der Waals surface area (Å²) >= 11 is 6.31. The van der Waals surface area contributed by atoms with Crippen molar-refractivity contribution >= 4 is 58.2 Å². The van der Waals surface area contributed by atoms with E-state index in [0.717, 1.165) is 58.9 Å². The van der Waals surface area contributed by atoms with Crippen LogP contribution in [0.2, 0.25) is 5.02 Å². The average molecular weight is 772 g/mol. The van der Waals surface area contributed by atoms with E-state index >= 15 is 0 Å². The molecule has 0 bridgehead atoms. The Hall–Kier alpha value is -6.03. The number of amides is 5. The molecule has 4 aliphatic rings. The van der Waals surface area contributed by atoms with Gasteiger partial charge in [0.05, 0.1) is 51.2 Å². The van der Waals surface area contributed by atoms with Crippen molar-refractivity contribution in [2.24, 2.45) is 0 Å². The lowest BCUT2D eigenvalue weighted by molar-refractivity contribution is -0.136. The van der Waals surface area contributed by atoms with Gasteiger partial charge in [-0.3, -0.25) is 39.1 Å². The van der Waals surface area contributed by atoms with E-state index in [4.69, 9.17) is 21.1 Å². The van der Waals surface area contributed by atoms with E-state index in [9.17, 15) is 29.2 Å². The van der Waals surface area contributed by atoms with Crippen LogP contribution in [-0.4, -0.2) is 72.9 Å². The summed E-state index contributed by atoms with van der Waals surface area (Å²) in [4.78, 5) is 68.3. The minimum Gasteiger partial charge on any atom is -0.494 e. The Bertz CT molecular complexity index is 2350. The Labute approximate surface area is 328 Å². The van der Waals surface area contributed by atoms with Crippen LogP contribution in [0, 0.1) is 11.3 Å². The number of nitriles is 1. The highest BCUT2D eigenvalue weighted by Gasteiger charge is 2.46. The topological polar surface area (TPSA) is 149 Å². The van der Waals surface area contributed by atoms with E-state index < -0.39 is 35.1 Å². The zero-order valence-corrected chi connectivity index (χ0v) is 31.6. The number of carbonyl (C=O) groups is 5. The number of nitrogens with one attached hydrogen (secondary N) is 1. The second-order valence-electron chi connectivity index (χ2n) is 14.9. The number of anilines is 3. The monoisotopic (exact) mass is 771 g/mol. The molecule has 0 aromatic heterocycles. The molecule has 1 atom stereocenters. The van der Waals surface area contributed by atoms with Gasteiger partial charge in [-0.2, -0.15) is 5.26 Å². The number of imide groups is 2. The smallest absolute Gasteiger partial charge is 0.262 e. The number of nitrogens with zero attached hydrogens (tertiary/aromatic N) is 4. The van der Waals surface area contributed by atoms with Gasteiger partial charge in [-0.1, -0.05) is 29.8 Å². The maximum atomic E-state index is 13.6. The van der Waals surface area contributed by atoms with E-state index in [1.807, 2.05) is 26.0 Å². The lowest BCUT2D eigenvalue weighted by atomic mass is 9.84. The fraction of sp³-hybridized carbons (Fsp3) is 0.302. The van der Waals surface area contributed by atoms with E-state index in [1.54, 1.807) is 29.2 Å². The molecule has 1 N–H and O–H groups in total. The highest BCUT2D eigenvalue weighted by molar-refractivity contribution is 6.32. The molecule has 56 heavy (non-hydrogen) atoms. The van der Waals surface area contributed by atoms with Gasteiger partial charge >= 0.3 is 0 Å². The van der Waals surface area contributed by atoms with Crippen LogP contribution in [0.5, 0.6) is 5.75 Å². The largest absolute Gasteiger partial charge is 0.494 e. The van der Waals surface area contributed by atoms with Gasteiger partial charge in [-0.05, 0) is 110 Å². The van der Waals surface area contributed by atoms with Crippen LogP contribution in [0.1, 0.15) is 71.4 Å². The molecule has 4 aromatic rings. The van der Waals surface area contributed by atoms with E-state index in [1.165, 1.54) is 12.1 Å². The van der Waals surface area contributed by atoms with E-state index in [2.05, 4.69) is 46.6 Å². The number of unbranched alkanes of at least 4 members (excludes halogenated alkanes) is 1. The van der Waals surface area contributed by atoms with Crippen molar-refractivity contribution in [2.45, 2.75) is 57.1 Å². The number of rotatable bonds is 11. The summed E-state index contributed by atoms with van der Waals surface area (Å²) in [7, 11) is 0. The molecule has 0 aliphatic carbocycles. The number of hydrogen-bond donors (Lipinski definition) is 1. The minimum absolute atomic E-state index is 0.0557. The molecule has 0 saturated carbocycles. The van der Waals surface area contributed by atoms with Crippen LogP contribution in [0.4, 0.5) is 17.1 Å². The summed E-state index contributed by atoms with van der Waals surface area (Å²) in [6.45, 7) is 6.43. The van der Waals surface area contributed by atoms with Crippen molar-refractivity contribution in [1.82, 2.24) is 10.2 Å². The molecule has 5 amide bonds. The molecular formula is C43H38ClN5O7. The van der Waals surface area contributed by atoms with Crippen LogP contribution in [0.15, 0.2) is 78.9 Å². The number of benzene rings is 4. The predicted molar refractivity (Wildman–Crippen MR) is 208 cm³/mol. The zero-order valence-electron chi connectivity index (χ0n) is 30.8. The highest BCUT2D eigenvalue weighted by Crippen LogP contribution is 2.47. The molecule has 2 saturated heterocycles. The SMILES string of the molecule is CC1(C)C(=O)N(c2ccc(C#N)c(Cl)c2)c2ccc(-c3ccc(N4CC(OCCCCOc5ccc6c(c5)C(=O)N(C5CCC(=O)NC5=O)C6=O)C4)cc3)cc21. The Morgan fingerprint density at radius 2 is 1.55 bits per heavy atom. The molecule has 4 aliphatic heterocycles. The van der Waals surface area contributed by atoms with Gasteiger partial charge in [0.1, 0.15) is 17.9 Å². The lowest BCUT2D eigenvalue weighted by Gasteiger charge is -2.40. The second kappa shape index (κ2) is 14.6. The molecule has 8 rings (SSSR count). The first-order valence-corrected chi connectivity index (χ1v) is 19.0. The summed E-state index contributed by atoms with van der Waals surface area (Å²) in [6, 6.07) is 25.3. The zero-order chi connectivity index (χ0) is 39.3. The van der Waals surface area contributed by atoms with Gasteiger partial charge in [0.15, 0.2) is 0 Å². The standard InChI is InChI=1S/C43H38ClN5O7/c1-43(2)34-19-26(8-14-36(34)48(42(43)54)29-11-7-27(22-45)35(44)20-29)25-5-9-28(10-6-25)47-23-31(24-47)56-18-4-3-17-55-30-12-13-32-33(21-30)41(53)49(40(32)52)37-15-16-38(50)46-39(37)51/h5-14,19-21,31,37H,3-4,15-18,23-24H2,1-2H3,(H,46,50,51). The molecule has 2 fully saturated rings. The number of fused-ring (bicyclic) bond motifs is 2. The number of piperidine rings is 1. The summed E-state index contributed by atoms with van der Waals surface area (Å²) in [5.74, 6) is -1.76. The first-order chi connectivity index (χ1) is 26.9.